The number of amidine groups is 1. The molecular weight excluding hydrogens is 266 g/mol. The van der Waals surface area contributed by atoms with Crippen molar-refractivity contribution in [3.05, 3.63) is 36.5 Å². The minimum Gasteiger partial charge on any atom is -0.334 e. The van der Waals surface area contributed by atoms with Gasteiger partial charge in [0.1, 0.15) is 0 Å². The van der Waals surface area contributed by atoms with Gasteiger partial charge in [0.2, 0.25) is 0 Å². The molecule has 0 aliphatic carbocycles. The number of anilines is 1. The summed E-state index contributed by atoms with van der Waals surface area (Å²) < 4.78 is 0. The first-order valence-corrected chi connectivity index (χ1v) is 7.92. The first-order valence-electron chi connectivity index (χ1n) is 7.04. The van der Waals surface area contributed by atoms with Gasteiger partial charge in [0, 0.05) is 22.5 Å². The lowest BCUT2D eigenvalue weighted by Crippen LogP contribution is -2.09. The Labute approximate surface area is 123 Å². The van der Waals surface area contributed by atoms with Crippen molar-refractivity contribution >= 4 is 33.5 Å². The molecule has 2 aromatic rings. The normalized spacial score (nSPS) is 18.6. The Morgan fingerprint density at radius 1 is 1.30 bits per heavy atom. The van der Waals surface area contributed by atoms with Crippen LogP contribution in [0.2, 0.25) is 0 Å². The molecule has 104 valence electrons. The van der Waals surface area contributed by atoms with E-state index in [4.69, 9.17) is 0 Å². The van der Waals surface area contributed by atoms with Gasteiger partial charge in [-0.1, -0.05) is 31.7 Å². The summed E-state index contributed by atoms with van der Waals surface area (Å²) in [6, 6.07) is 10.2. The average Bonchev–Trinajstić information content (AvgIpc) is 2.86. The van der Waals surface area contributed by atoms with E-state index in [0.29, 0.717) is 5.25 Å². The van der Waals surface area contributed by atoms with E-state index in [1.165, 1.54) is 6.42 Å². The number of benzene rings is 1. The summed E-state index contributed by atoms with van der Waals surface area (Å²) in [5.74, 6) is 0.726. The molecule has 1 atom stereocenters. The fourth-order valence-electron chi connectivity index (χ4n) is 2.46. The molecule has 1 aliphatic rings. The van der Waals surface area contributed by atoms with E-state index in [1.807, 2.05) is 36.2 Å². The Morgan fingerprint density at radius 2 is 2.20 bits per heavy atom. The van der Waals surface area contributed by atoms with Gasteiger partial charge in [-0.25, -0.2) is 0 Å². The van der Waals surface area contributed by atoms with E-state index >= 15 is 0 Å². The standard InChI is InChI=1S/C16H19N3S/c1-11(2)9-12-10-18-16(20-12)19-15-7-3-6-14-13(15)5-4-8-17-14/h3-8,11-12H,9-10H2,1-2H3,(H,18,19). The highest BCUT2D eigenvalue weighted by Gasteiger charge is 2.20. The third-order valence-electron chi connectivity index (χ3n) is 3.34. The minimum absolute atomic E-state index is 0.616. The monoisotopic (exact) mass is 285 g/mol. The second kappa shape index (κ2) is 5.83. The van der Waals surface area contributed by atoms with Gasteiger partial charge in [0.05, 0.1) is 12.1 Å². The van der Waals surface area contributed by atoms with Crippen molar-refractivity contribution in [2.75, 3.05) is 11.9 Å². The number of hydrogen-bond donors (Lipinski definition) is 1. The zero-order chi connectivity index (χ0) is 13.9. The van der Waals surface area contributed by atoms with E-state index in [2.05, 4.69) is 41.3 Å². The number of hydrogen-bond acceptors (Lipinski definition) is 4. The van der Waals surface area contributed by atoms with Crippen LogP contribution in [0.5, 0.6) is 0 Å². The second-order valence-electron chi connectivity index (χ2n) is 5.52. The zero-order valence-electron chi connectivity index (χ0n) is 11.8. The van der Waals surface area contributed by atoms with Crippen LogP contribution in [-0.2, 0) is 0 Å². The third-order valence-corrected chi connectivity index (χ3v) is 4.47. The first kappa shape index (κ1) is 13.4. The predicted octanol–water partition coefficient (Wildman–Crippen LogP) is 4.16. The molecule has 1 aliphatic heterocycles. The first-order chi connectivity index (χ1) is 9.72. The zero-order valence-corrected chi connectivity index (χ0v) is 12.7. The van der Waals surface area contributed by atoms with Crippen molar-refractivity contribution in [1.82, 2.24) is 4.98 Å². The molecule has 0 bridgehead atoms. The van der Waals surface area contributed by atoms with Crippen molar-refractivity contribution in [2.45, 2.75) is 25.5 Å². The van der Waals surface area contributed by atoms with Gasteiger partial charge < -0.3 is 5.32 Å². The average molecular weight is 285 g/mol. The fraction of sp³-hybridized carbons (Fsp3) is 0.375. The van der Waals surface area contributed by atoms with Crippen molar-refractivity contribution in [1.29, 1.82) is 0 Å². The van der Waals surface area contributed by atoms with Crippen LogP contribution in [0.25, 0.3) is 10.9 Å². The van der Waals surface area contributed by atoms with Gasteiger partial charge in [-0.05, 0) is 36.6 Å². The molecule has 1 N–H and O–H groups in total. The van der Waals surface area contributed by atoms with Crippen LogP contribution < -0.4 is 5.32 Å². The molecule has 3 rings (SSSR count). The maximum Gasteiger partial charge on any atom is 0.161 e. The summed E-state index contributed by atoms with van der Waals surface area (Å²) in [6.07, 6.45) is 3.04. The van der Waals surface area contributed by atoms with E-state index in [-0.39, 0.29) is 0 Å². The number of fused-ring (bicyclic) bond motifs is 1. The summed E-state index contributed by atoms with van der Waals surface area (Å²) in [5, 5.41) is 6.25. The fourth-order valence-corrected chi connectivity index (χ4v) is 3.73. The maximum atomic E-state index is 4.62. The lowest BCUT2D eigenvalue weighted by Gasteiger charge is -2.12. The predicted molar refractivity (Wildman–Crippen MR) is 88.5 cm³/mol. The SMILES string of the molecule is CC(C)CC1CN=C(Nc2cccc3ncccc23)S1. The molecule has 1 unspecified atom stereocenters. The van der Waals surface area contributed by atoms with Gasteiger partial charge in [0.25, 0.3) is 0 Å². The molecule has 2 heterocycles. The third kappa shape index (κ3) is 2.96. The minimum atomic E-state index is 0.616. The number of thioether (sulfide) groups is 1. The van der Waals surface area contributed by atoms with Crippen LogP contribution in [0.1, 0.15) is 20.3 Å². The molecule has 4 heteroatoms. The van der Waals surface area contributed by atoms with Crippen molar-refractivity contribution in [3.63, 3.8) is 0 Å². The summed E-state index contributed by atoms with van der Waals surface area (Å²) >= 11 is 1.86. The number of nitrogens with one attached hydrogen (secondary N) is 1. The molecule has 3 nitrogen and oxygen atoms in total. The summed E-state index contributed by atoms with van der Waals surface area (Å²) in [6.45, 7) is 5.46. The Kier molecular flexibility index (Phi) is 3.92. The largest absolute Gasteiger partial charge is 0.334 e. The molecule has 20 heavy (non-hydrogen) atoms. The van der Waals surface area contributed by atoms with Crippen molar-refractivity contribution in [2.24, 2.45) is 10.9 Å². The Bertz CT molecular complexity index is 631. The van der Waals surface area contributed by atoms with Crippen LogP contribution in [-0.4, -0.2) is 21.9 Å². The van der Waals surface area contributed by atoms with E-state index in [9.17, 15) is 0 Å². The smallest absolute Gasteiger partial charge is 0.161 e. The van der Waals surface area contributed by atoms with Gasteiger partial charge in [0.15, 0.2) is 5.17 Å². The lowest BCUT2D eigenvalue weighted by atomic mass is 10.1. The Hall–Kier alpha value is -1.55. The molecule has 0 amide bonds. The molecule has 0 spiro atoms. The van der Waals surface area contributed by atoms with E-state index in [0.717, 1.165) is 34.2 Å². The molecule has 0 saturated carbocycles. The van der Waals surface area contributed by atoms with Gasteiger partial charge in [-0.3, -0.25) is 9.98 Å². The van der Waals surface area contributed by atoms with Crippen LogP contribution >= 0.6 is 11.8 Å². The van der Waals surface area contributed by atoms with Crippen LogP contribution in [0.3, 0.4) is 0 Å². The summed E-state index contributed by atoms with van der Waals surface area (Å²) in [4.78, 5) is 9.00. The molecule has 0 fully saturated rings. The maximum absolute atomic E-state index is 4.62. The second-order valence-corrected chi connectivity index (χ2v) is 6.80. The van der Waals surface area contributed by atoms with Gasteiger partial charge in [-0.2, -0.15) is 0 Å². The van der Waals surface area contributed by atoms with Gasteiger partial charge in [-0.15, -0.1) is 0 Å². The Morgan fingerprint density at radius 3 is 3.05 bits per heavy atom. The summed E-state index contributed by atoms with van der Waals surface area (Å²) in [7, 11) is 0. The highest BCUT2D eigenvalue weighted by Crippen LogP contribution is 2.29. The van der Waals surface area contributed by atoms with Crippen molar-refractivity contribution in [3.8, 4) is 0 Å². The number of rotatable bonds is 3. The topological polar surface area (TPSA) is 37.3 Å². The lowest BCUT2D eigenvalue weighted by molar-refractivity contribution is 0.575. The quantitative estimate of drug-likeness (QED) is 0.920. The van der Waals surface area contributed by atoms with E-state index < -0.39 is 0 Å². The highest BCUT2D eigenvalue weighted by molar-refractivity contribution is 8.15. The molecule has 0 radical (unpaired) electrons. The van der Waals surface area contributed by atoms with Crippen LogP contribution in [0.15, 0.2) is 41.5 Å². The highest BCUT2D eigenvalue weighted by atomic mass is 32.2. The van der Waals surface area contributed by atoms with Gasteiger partial charge >= 0.3 is 0 Å². The number of nitrogens with zero attached hydrogens (tertiary/aromatic N) is 2. The van der Waals surface area contributed by atoms with Crippen LogP contribution in [0.4, 0.5) is 5.69 Å². The number of pyridine rings is 1. The molecular formula is C16H19N3S. The van der Waals surface area contributed by atoms with Crippen LogP contribution in [0, 0.1) is 5.92 Å². The molecule has 1 aromatic carbocycles. The number of aromatic nitrogens is 1. The molecule has 0 saturated heterocycles. The number of aliphatic imine (C=N–C) groups is 1. The summed E-state index contributed by atoms with van der Waals surface area (Å²) in [5.41, 5.74) is 2.10. The van der Waals surface area contributed by atoms with Crippen molar-refractivity contribution < 1.29 is 0 Å². The van der Waals surface area contributed by atoms with E-state index in [1.54, 1.807) is 0 Å². The Balaban J connectivity index is 1.75. The molecule has 1 aromatic heterocycles.